The van der Waals surface area contributed by atoms with E-state index in [-0.39, 0.29) is 6.61 Å². The molecule has 0 fully saturated rings. The van der Waals surface area contributed by atoms with Crippen LogP contribution < -0.4 is 10.5 Å². The molecule has 17 heavy (non-hydrogen) atoms. The van der Waals surface area contributed by atoms with Gasteiger partial charge in [-0.05, 0) is 25.1 Å². The molecular formula is C12H14FNO3. The van der Waals surface area contributed by atoms with E-state index < -0.39 is 11.8 Å². The first-order valence-electron chi connectivity index (χ1n) is 5.06. The van der Waals surface area contributed by atoms with Crippen LogP contribution in [0.3, 0.4) is 0 Å². The van der Waals surface area contributed by atoms with E-state index in [2.05, 4.69) is 4.74 Å². The maximum atomic E-state index is 13.3. The molecule has 1 rings (SSSR count). The summed E-state index contributed by atoms with van der Waals surface area (Å²) < 4.78 is 22.8. The molecule has 4 nitrogen and oxygen atoms in total. The van der Waals surface area contributed by atoms with Gasteiger partial charge in [0.25, 0.3) is 0 Å². The average Bonchev–Trinajstić information content (AvgIpc) is 2.31. The van der Waals surface area contributed by atoms with Crippen LogP contribution in [0.15, 0.2) is 24.0 Å². The SMILES string of the molecule is CCOC(=O)/C(F)=C/c1ccc(OC)cc1N. The van der Waals surface area contributed by atoms with E-state index in [4.69, 9.17) is 10.5 Å². The Bertz CT molecular complexity index is 443. The van der Waals surface area contributed by atoms with Crippen molar-refractivity contribution in [2.24, 2.45) is 0 Å². The van der Waals surface area contributed by atoms with Gasteiger partial charge >= 0.3 is 5.97 Å². The van der Waals surface area contributed by atoms with E-state index in [1.165, 1.54) is 7.11 Å². The standard InChI is InChI=1S/C12H14FNO3/c1-3-17-12(15)10(13)6-8-4-5-9(16-2)7-11(8)14/h4-7H,3,14H2,1-2H3/b10-6-. The molecular weight excluding hydrogens is 225 g/mol. The lowest BCUT2D eigenvalue weighted by Crippen LogP contribution is -2.04. The average molecular weight is 239 g/mol. The third-order valence-electron chi connectivity index (χ3n) is 2.05. The van der Waals surface area contributed by atoms with Gasteiger partial charge in [0.15, 0.2) is 0 Å². The molecule has 0 heterocycles. The molecule has 0 unspecified atom stereocenters. The Morgan fingerprint density at radius 3 is 2.76 bits per heavy atom. The molecule has 5 heteroatoms. The van der Waals surface area contributed by atoms with Gasteiger partial charge in [-0.1, -0.05) is 0 Å². The number of methoxy groups -OCH3 is 1. The van der Waals surface area contributed by atoms with Crippen molar-refractivity contribution < 1.29 is 18.7 Å². The zero-order valence-corrected chi connectivity index (χ0v) is 9.70. The van der Waals surface area contributed by atoms with E-state index in [1.54, 1.807) is 25.1 Å². The predicted molar refractivity (Wildman–Crippen MR) is 63.1 cm³/mol. The summed E-state index contributed by atoms with van der Waals surface area (Å²) in [6, 6.07) is 4.73. The molecule has 0 radical (unpaired) electrons. The summed E-state index contributed by atoms with van der Waals surface area (Å²) in [6.07, 6.45) is 1.03. The highest BCUT2D eigenvalue weighted by atomic mass is 19.1. The second kappa shape index (κ2) is 5.89. The minimum Gasteiger partial charge on any atom is -0.497 e. The first-order valence-corrected chi connectivity index (χ1v) is 5.06. The second-order valence-electron chi connectivity index (χ2n) is 3.21. The van der Waals surface area contributed by atoms with Crippen molar-refractivity contribution in [2.75, 3.05) is 19.5 Å². The Hall–Kier alpha value is -2.04. The highest BCUT2D eigenvalue weighted by Crippen LogP contribution is 2.22. The van der Waals surface area contributed by atoms with Crippen LogP contribution in [0.5, 0.6) is 5.75 Å². The fourth-order valence-corrected chi connectivity index (χ4v) is 1.21. The topological polar surface area (TPSA) is 61.5 Å². The molecule has 92 valence electrons. The molecule has 0 aliphatic heterocycles. The third-order valence-corrected chi connectivity index (χ3v) is 2.05. The van der Waals surface area contributed by atoms with Crippen LogP contribution in [0.4, 0.5) is 10.1 Å². The van der Waals surface area contributed by atoms with E-state index in [0.717, 1.165) is 6.08 Å². The van der Waals surface area contributed by atoms with Crippen LogP contribution in [-0.4, -0.2) is 19.7 Å². The molecule has 2 N–H and O–H groups in total. The van der Waals surface area contributed by atoms with Crippen LogP contribution in [0.25, 0.3) is 6.08 Å². The van der Waals surface area contributed by atoms with Crippen molar-refractivity contribution in [3.8, 4) is 5.75 Å². The molecule has 0 bridgehead atoms. The lowest BCUT2D eigenvalue weighted by Gasteiger charge is -2.04. The number of benzene rings is 1. The number of nitrogens with two attached hydrogens (primary N) is 1. The van der Waals surface area contributed by atoms with Gasteiger partial charge in [0, 0.05) is 17.3 Å². The second-order valence-corrected chi connectivity index (χ2v) is 3.21. The molecule has 0 aliphatic carbocycles. The van der Waals surface area contributed by atoms with Gasteiger partial charge in [0.2, 0.25) is 5.83 Å². The van der Waals surface area contributed by atoms with Crippen LogP contribution >= 0.6 is 0 Å². The zero-order valence-electron chi connectivity index (χ0n) is 9.70. The lowest BCUT2D eigenvalue weighted by atomic mass is 10.1. The largest absolute Gasteiger partial charge is 0.497 e. The van der Waals surface area contributed by atoms with Crippen molar-refractivity contribution in [1.82, 2.24) is 0 Å². The van der Waals surface area contributed by atoms with Gasteiger partial charge in [0.05, 0.1) is 13.7 Å². The number of esters is 1. The Kier molecular flexibility index (Phi) is 4.51. The number of ether oxygens (including phenoxy) is 2. The summed E-state index contributed by atoms with van der Waals surface area (Å²) in [5.74, 6) is -1.41. The summed E-state index contributed by atoms with van der Waals surface area (Å²) in [5, 5.41) is 0. The highest BCUT2D eigenvalue weighted by Gasteiger charge is 2.10. The zero-order chi connectivity index (χ0) is 12.8. The van der Waals surface area contributed by atoms with Crippen LogP contribution in [0.2, 0.25) is 0 Å². The minimum absolute atomic E-state index is 0.123. The molecule has 0 saturated carbocycles. The Balaban J connectivity index is 2.94. The van der Waals surface area contributed by atoms with Crippen molar-refractivity contribution >= 4 is 17.7 Å². The Morgan fingerprint density at radius 2 is 2.24 bits per heavy atom. The molecule has 1 aromatic rings. The number of nitrogen functional groups attached to an aromatic ring is 1. The quantitative estimate of drug-likeness (QED) is 0.497. The predicted octanol–water partition coefficient (Wildman–Crippen LogP) is 2.15. The summed E-state index contributed by atoms with van der Waals surface area (Å²) in [5.41, 5.74) is 6.40. The number of carbonyl (C=O) groups excluding carboxylic acids is 1. The third kappa shape index (κ3) is 3.48. The van der Waals surface area contributed by atoms with Crippen LogP contribution in [0, 0.1) is 0 Å². The van der Waals surface area contributed by atoms with E-state index in [0.29, 0.717) is 17.0 Å². The van der Waals surface area contributed by atoms with Gasteiger partial charge in [0.1, 0.15) is 5.75 Å². The van der Waals surface area contributed by atoms with Gasteiger partial charge in [-0.2, -0.15) is 4.39 Å². The number of carbonyl (C=O) groups is 1. The first kappa shape index (κ1) is 13.0. The van der Waals surface area contributed by atoms with Crippen molar-refractivity contribution in [3.05, 3.63) is 29.6 Å². The van der Waals surface area contributed by atoms with E-state index in [1.807, 2.05) is 0 Å². The monoisotopic (exact) mass is 239 g/mol. The van der Waals surface area contributed by atoms with Crippen LogP contribution in [-0.2, 0) is 9.53 Å². The van der Waals surface area contributed by atoms with Gasteiger partial charge in [-0.3, -0.25) is 0 Å². The smallest absolute Gasteiger partial charge is 0.367 e. The van der Waals surface area contributed by atoms with Crippen molar-refractivity contribution in [1.29, 1.82) is 0 Å². The number of hydrogen-bond donors (Lipinski definition) is 1. The minimum atomic E-state index is -0.997. The lowest BCUT2D eigenvalue weighted by molar-refractivity contribution is -0.140. The van der Waals surface area contributed by atoms with Gasteiger partial charge < -0.3 is 15.2 Å². The Labute approximate surface area is 98.8 Å². The van der Waals surface area contributed by atoms with Gasteiger partial charge in [-0.15, -0.1) is 0 Å². The molecule has 0 amide bonds. The normalized spacial score (nSPS) is 11.1. The fourth-order valence-electron chi connectivity index (χ4n) is 1.21. The molecule has 0 aromatic heterocycles. The Morgan fingerprint density at radius 1 is 1.53 bits per heavy atom. The fraction of sp³-hybridized carbons (Fsp3) is 0.250. The van der Waals surface area contributed by atoms with Crippen LogP contribution in [0.1, 0.15) is 12.5 Å². The summed E-state index contributed by atoms with van der Waals surface area (Å²) in [4.78, 5) is 11.1. The van der Waals surface area contributed by atoms with Crippen molar-refractivity contribution in [3.63, 3.8) is 0 Å². The summed E-state index contributed by atoms with van der Waals surface area (Å²) in [6.45, 7) is 1.73. The maximum absolute atomic E-state index is 13.3. The van der Waals surface area contributed by atoms with E-state index in [9.17, 15) is 9.18 Å². The molecule has 0 spiro atoms. The number of anilines is 1. The summed E-state index contributed by atoms with van der Waals surface area (Å²) in [7, 11) is 1.50. The molecule has 0 saturated heterocycles. The van der Waals surface area contributed by atoms with Gasteiger partial charge in [-0.25, -0.2) is 4.79 Å². The molecule has 0 aliphatic rings. The number of halogens is 1. The highest BCUT2D eigenvalue weighted by molar-refractivity contribution is 5.92. The number of rotatable bonds is 4. The van der Waals surface area contributed by atoms with Crippen molar-refractivity contribution in [2.45, 2.75) is 6.92 Å². The first-order chi connectivity index (χ1) is 8.08. The van der Waals surface area contributed by atoms with E-state index >= 15 is 0 Å². The molecule has 1 aromatic carbocycles. The number of hydrogen-bond acceptors (Lipinski definition) is 4. The summed E-state index contributed by atoms with van der Waals surface area (Å²) >= 11 is 0. The molecule has 0 atom stereocenters. The maximum Gasteiger partial charge on any atom is 0.367 e.